The summed E-state index contributed by atoms with van der Waals surface area (Å²) < 4.78 is 1.89. The van der Waals surface area contributed by atoms with Crippen molar-refractivity contribution >= 4 is 11.5 Å². The van der Waals surface area contributed by atoms with Gasteiger partial charge in [0.1, 0.15) is 5.82 Å². The first-order valence-electron chi connectivity index (χ1n) is 6.80. The van der Waals surface area contributed by atoms with E-state index >= 15 is 0 Å². The van der Waals surface area contributed by atoms with Crippen molar-refractivity contribution < 1.29 is 0 Å². The molecule has 0 unspecified atom stereocenters. The van der Waals surface area contributed by atoms with Gasteiger partial charge in [0.25, 0.3) is 0 Å². The third-order valence-corrected chi connectivity index (χ3v) is 3.69. The van der Waals surface area contributed by atoms with E-state index in [1.165, 1.54) is 38.5 Å². The number of nitrogens with zero attached hydrogens (tertiary/aromatic N) is 2. The molecule has 4 heteroatoms. The second kappa shape index (κ2) is 5.43. The molecule has 17 heavy (non-hydrogen) atoms. The van der Waals surface area contributed by atoms with Crippen LogP contribution in [0.4, 0.5) is 11.5 Å². The van der Waals surface area contributed by atoms with E-state index < -0.39 is 0 Å². The number of nitrogen functional groups attached to an aromatic ring is 1. The molecule has 1 heterocycles. The zero-order valence-electron chi connectivity index (χ0n) is 11.0. The summed E-state index contributed by atoms with van der Waals surface area (Å²) in [4.78, 5) is 0. The Morgan fingerprint density at radius 1 is 1.29 bits per heavy atom. The van der Waals surface area contributed by atoms with Gasteiger partial charge in [-0.3, -0.25) is 4.68 Å². The molecule has 0 amide bonds. The fourth-order valence-electron chi connectivity index (χ4n) is 2.65. The number of hydrogen-bond donors (Lipinski definition) is 2. The smallest absolute Gasteiger partial charge is 0.147 e. The summed E-state index contributed by atoms with van der Waals surface area (Å²) >= 11 is 0. The minimum absolute atomic E-state index is 0.569. The zero-order chi connectivity index (χ0) is 12.3. The molecule has 1 aromatic heterocycles. The summed E-state index contributed by atoms with van der Waals surface area (Å²) in [6.07, 6.45) is 8.81. The van der Waals surface area contributed by atoms with Crippen LogP contribution in [0.15, 0.2) is 0 Å². The van der Waals surface area contributed by atoms with Crippen molar-refractivity contribution in [3.63, 3.8) is 0 Å². The maximum absolute atomic E-state index is 6.13. The van der Waals surface area contributed by atoms with Gasteiger partial charge in [-0.15, -0.1) is 0 Å². The summed E-state index contributed by atoms with van der Waals surface area (Å²) in [7, 11) is 1.97. The highest BCUT2D eigenvalue weighted by atomic mass is 15.3. The lowest BCUT2D eigenvalue weighted by molar-refractivity contribution is 0.609. The van der Waals surface area contributed by atoms with Gasteiger partial charge in [-0.1, -0.05) is 32.6 Å². The Morgan fingerprint density at radius 2 is 1.94 bits per heavy atom. The van der Waals surface area contributed by atoms with E-state index in [2.05, 4.69) is 17.3 Å². The zero-order valence-corrected chi connectivity index (χ0v) is 11.0. The quantitative estimate of drug-likeness (QED) is 0.793. The van der Waals surface area contributed by atoms with Crippen molar-refractivity contribution in [2.75, 3.05) is 11.1 Å². The van der Waals surface area contributed by atoms with Gasteiger partial charge in [0.2, 0.25) is 0 Å². The molecule has 0 aliphatic heterocycles. The van der Waals surface area contributed by atoms with E-state index in [0.717, 1.165) is 23.6 Å². The molecule has 0 saturated heterocycles. The molecular formula is C13H24N4. The predicted molar refractivity (Wildman–Crippen MR) is 72.1 cm³/mol. The Balaban J connectivity index is 2.09. The molecule has 96 valence electrons. The summed E-state index contributed by atoms with van der Waals surface area (Å²) in [6, 6.07) is 0.569. The van der Waals surface area contributed by atoms with Gasteiger partial charge in [-0.05, 0) is 19.3 Å². The maximum atomic E-state index is 6.13. The first kappa shape index (κ1) is 12.3. The Labute approximate surface area is 104 Å². The number of aromatic nitrogens is 2. The largest absolute Gasteiger partial charge is 0.394 e. The third kappa shape index (κ3) is 2.73. The second-order valence-corrected chi connectivity index (χ2v) is 5.02. The highest BCUT2D eigenvalue weighted by Crippen LogP contribution is 2.26. The van der Waals surface area contributed by atoms with Crippen molar-refractivity contribution in [2.45, 2.75) is 57.9 Å². The van der Waals surface area contributed by atoms with Crippen molar-refractivity contribution in [3.05, 3.63) is 5.69 Å². The molecule has 1 aliphatic rings. The summed E-state index contributed by atoms with van der Waals surface area (Å²) in [5, 5.41) is 8.03. The van der Waals surface area contributed by atoms with Gasteiger partial charge in [-0.25, -0.2) is 0 Å². The average Bonchev–Trinajstić information content (AvgIpc) is 2.53. The van der Waals surface area contributed by atoms with Crippen LogP contribution in [0.25, 0.3) is 0 Å². The molecule has 0 radical (unpaired) electrons. The minimum atomic E-state index is 0.569. The number of nitrogens with two attached hydrogens (primary N) is 1. The molecule has 3 N–H and O–H groups in total. The molecule has 2 rings (SSSR count). The first-order valence-corrected chi connectivity index (χ1v) is 6.80. The first-order chi connectivity index (χ1) is 8.22. The van der Waals surface area contributed by atoms with Crippen LogP contribution in [0.3, 0.4) is 0 Å². The monoisotopic (exact) mass is 236 g/mol. The summed E-state index contributed by atoms with van der Waals surface area (Å²) in [5.41, 5.74) is 7.96. The van der Waals surface area contributed by atoms with Crippen LogP contribution in [0, 0.1) is 0 Å². The van der Waals surface area contributed by atoms with Gasteiger partial charge in [-0.2, -0.15) is 5.10 Å². The number of aryl methyl sites for hydroxylation is 2. The Bertz CT molecular complexity index is 362. The highest BCUT2D eigenvalue weighted by Gasteiger charge is 2.17. The standard InChI is InChI=1S/C13H24N4/c1-3-11-12(14)13(17(2)16-11)15-10-8-6-4-5-7-9-10/h10,15H,3-9,14H2,1-2H3. The fourth-order valence-corrected chi connectivity index (χ4v) is 2.65. The lowest BCUT2D eigenvalue weighted by atomic mass is 10.1. The molecular weight excluding hydrogens is 212 g/mol. The van der Waals surface area contributed by atoms with E-state index in [9.17, 15) is 0 Å². The molecule has 1 fully saturated rings. The lowest BCUT2D eigenvalue weighted by Crippen LogP contribution is -2.20. The lowest BCUT2D eigenvalue weighted by Gasteiger charge is -2.18. The summed E-state index contributed by atoms with van der Waals surface area (Å²) in [5.74, 6) is 1.01. The van der Waals surface area contributed by atoms with Crippen LogP contribution in [-0.2, 0) is 13.5 Å². The minimum Gasteiger partial charge on any atom is -0.394 e. The molecule has 4 nitrogen and oxygen atoms in total. The van der Waals surface area contributed by atoms with Gasteiger partial charge in [0.15, 0.2) is 0 Å². The molecule has 0 bridgehead atoms. The van der Waals surface area contributed by atoms with E-state index in [4.69, 9.17) is 5.73 Å². The SMILES string of the molecule is CCc1nn(C)c(NC2CCCCCC2)c1N. The molecule has 1 aromatic rings. The second-order valence-electron chi connectivity index (χ2n) is 5.02. The van der Waals surface area contributed by atoms with Gasteiger partial charge >= 0.3 is 0 Å². The fraction of sp³-hybridized carbons (Fsp3) is 0.769. The van der Waals surface area contributed by atoms with Crippen molar-refractivity contribution in [1.29, 1.82) is 0 Å². The van der Waals surface area contributed by atoms with E-state index in [1.54, 1.807) is 0 Å². The van der Waals surface area contributed by atoms with Crippen molar-refractivity contribution in [1.82, 2.24) is 9.78 Å². The predicted octanol–water partition coefficient (Wildman–Crippen LogP) is 2.70. The van der Waals surface area contributed by atoms with Crippen LogP contribution in [0.5, 0.6) is 0 Å². The molecule has 1 saturated carbocycles. The van der Waals surface area contributed by atoms with Gasteiger partial charge in [0, 0.05) is 13.1 Å². The van der Waals surface area contributed by atoms with Crippen LogP contribution >= 0.6 is 0 Å². The highest BCUT2D eigenvalue weighted by molar-refractivity contribution is 5.65. The van der Waals surface area contributed by atoms with Crippen LogP contribution < -0.4 is 11.1 Å². The van der Waals surface area contributed by atoms with E-state index in [-0.39, 0.29) is 0 Å². The molecule has 1 aliphatic carbocycles. The molecule has 0 aromatic carbocycles. The van der Waals surface area contributed by atoms with Crippen molar-refractivity contribution in [3.8, 4) is 0 Å². The van der Waals surface area contributed by atoms with Crippen molar-refractivity contribution in [2.24, 2.45) is 7.05 Å². The van der Waals surface area contributed by atoms with Crippen LogP contribution in [-0.4, -0.2) is 15.8 Å². The van der Waals surface area contributed by atoms with Crippen LogP contribution in [0.1, 0.15) is 51.1 Å². The van der Waals surface area contributed by atoms with E-state index in [0.29, 0.717) is 6.04 Å². The van der Waals surface area contributed by atoms with Gasteiger partial charge < -0.3 is 11.1 Å². The Hall–Kier alpha value is -1.19. The topological polar surface area (TPSA) is 55.9 Å². The van der Waals surface area contributed by atoms with E-state index in [1.807, 2.05) is 11.7 Å². The average molecular weight is 236 g/mol. The number of rotatable bonds is 3. The normalized spacial score (nSPS) is 18.0. The Morgan fingerprint density at radius 3 is 2.47 bits per heavy atom. The maximum Gasteiger partial charge on any atom is 0.147 e. The Kier molecular flexibility index (Phi) is 3.92. The molecule has 0 atom stereocenters. The number of hydrogen-bond acceptors (Lipinski definition) is 3. The number of anilines is 2. The third-order valence-electron chi connectivity index (χ3n) is 3.69. The summed E-state index contributed by atoms with van der Waals surface area (Å²) in [6.45, 7) is 2.09. The van der Waals surface area contributed by atoms with Gasteiger partial charge in [0.05, 0.1) is 11.4 Å². The van der Waals surface area contributed by atoms with Crippen LogP contribution in [0.2, 0.25) is 0 Å². The number of nitrogens with one attached hydrogen (secondary N) is 1. The molecule has 0 spiro atoms.